The van der Waals surface area contributed by atoms with Gasteiger partial charge in [0.1, 0.15) is 72.1 Å². The third-order valence-corrected chi connectivity index (χ3v) is 22.1. The molecule has 7 aromatic rings. The lowest BCUT2D eigenvalue weighted by atomic mass is 9.94. The Bertz CT molecular complexity index is 4540. The second kappa shape index (κ2) is 24.1. The molecular formula is C45H57N17O22P4S4. The van der Waals surface area contributed by atoms with Crippen LogP contribution in [0.15, 0.2) is 50.7 Å². The van der Waals surface area contributed by atoms with Crippen molar-refractivity contribution >= 4 is 126 Å². The van der Waals surface area contributed by atoms with Crippen LogP contribution in [0.3, 0.4) is 0 Å². The van der Waals surface area contributed by atoms with Crippen molar-refractivity contribution in [3.05, 3.63) is 78.6 Å². The molecule has 0 saturated carbocycles. The largest absolute Gasteiger partial charge is 0.387 e. The Kier molecular flexibility index (Phi) is 17.2. The fourth-order valence-electron chi connectivity index (χ4n) is 12.0. The van der Waals surface area contributed by atoms with E-state index in [1.165, 1.54) is 58.8 Å². The molecule has 39 nitrogen and oxygen atoms in total. The number of ether oxygens (including phenoxy) is 6. The lowest BCUT2D eigenvalue weighted by Crippen LogP contribution is -2.50. The molecule has 20 atom stereocenters. The average molecular weight is 1440 g/mol. The highest BCUT2D eigenvalue weighted by Crippen LogP contribution is 2.63. The van der Waals surface area contributed by atoms with Crippen LogP contribution in [0.5, 0.6) is 0 Å². The number of imidazole rings is 3. The first kappa shape index (κ1) is 65.8. The summed E-state index contributed by atoms with van der Waals surface area (Å²) in [6.07, 6.45) is -10.8. The molecular weight excluding hydrogens is 1380 g/mol. The Morgan fingerprint density at radius 1 is 0.663 bits per heavy atom. The van der Waals surface area contributed by atoms with Crippen LogP contribution in [0.4, 0.5) is 17.7 Å². The number of thiol groups is 1. The number of aryl methyl sites for hydroxylation is 1. The highest BCUT2D eigenvalue weighted by Gasteiger charge is 2.69. The van der Waals surface area contributed by atoms with Gasteiger partial charge in [-0.2, -0.15) is 9.97 Å². The maximum absolute atomic E-state index is 15.0. The van der Waals surface area contributed by atoms with Gasteiger partial charge in [-0.05, 0) is 56.2 Å². The molecule has 4 bridgehead atoms. The van der Waals surface area contributed by atoms with E-state index in [1.807, 2.05) is 0 Å². The van der Waals surface area contributed by atoms with Crippen molar-refractivity contribution in [1.82, 2.24) is 68.1 Å². The number of anilines is 3. The van der Waals surface area contributed by atoms with Crippen molar-refractivity contribution in [1.29, 1.82) is 0 Å². The third kappa shape index (κ3) is 12.1. The van der Waals surface area contributed by atoms with Gasteiger partial charge < -0.3 is 88.0 Å². The fraction of sp³-hybridized carbons (Fsp3) is 0.578. The van der Waals surface area contributed by atoms with Crippen LogP contribution in [-0.2, 0) is 100 Å². The van der Waals surface area contributed by atoms with Crippen LogP contribution in [0.25, 0.3) is 33.5 Å². The first-order valence-electron chi connectivity index (χ1n) is 27.6. The minimum atomic E-state index is -4.77. The van der Waals surface area contributed by atoms with E-state index in [0.29, 0.717) is 0 Å². The smallest absolute Gasteiger partial charge is 0.386 e. The van der Waals surface area contributed by atoms with Gasteiger partial charge >= 0.3 is 25.9 Å². The highest BCUT2D eigenvalue weighted by atomic mass is 32.7. The molecule has 92 heavy (non-hydrogen) atoms. The van der Waals surface area contributed by atoms with E-state index in [2.05, 4.69) is 62.1 Å². The number of aromatic amines is 3. The zero-order valence-electron chi connectivity index (χ0n) is 48.0. The Morgan fingerprint density at radius 2 is 1.17 bits per heavy atom. The number of nitrogens with two attached hydrogens (primary N) is 3. The van der Waals surface area contributed by atoms with Crippen LogP contribution in [0.1, 0.15) is 57.2 Å². The summed E-state index contributed by atoms with van der Waals surface area (Å²) in [6, 6.07) is 0. The van der Waals surface area contributed by atoms with Crippen molar-refractivity contribution < 1.29 is 84.4 Å². The maximum Gasteiger partial charge on any atom is 0.386 e. The second-order valence-corrected chi connectivity index (χ2v) is 34.7. The molecule has 6 aliphatic heterocycles. The van der Waals surface area contributed by atoms with Gasteiger partial charge in [0.25, 0.3) is 16.7 Å². The Balaban J connectivity index is 0.755. The average Bonchev–Trinajstić information content (AvgIpc) is 1.56. The maximum atomic E-state index is 15.0. The summed E-state index contributed by atoms with van der Waals surface area (Å²) in [5.74, 6) is -0.435. The van der Waals surface area contributed by atoms with E-state index >= 15 is 0 Å². The number of hydrogen-bond donors (Lipinski definition) is 11. The number of aromatic nitrogens is 14. The van der Waals surface area contributed by atoms with Crippen molar-refractivity contribution in [2.75, 3.05) is 50.3 Å². The third-order valence-electron chi connectivity index (χ3n) is 16.5. The molecule has 13 heterocycles. The molecule has 6 fully saturated rings. The molecule has 0 aromatic carbocycles. The van der Waals surface area contributed by atoms with E-state index in [0.717, 1.165) is 4.57 Å². The first-order valence-corrected chi connectivity index (χ1v) is 38.6. The minimum absolute atomic E-state index is 0.0137. The van der Waals surface area contributed by atoms with E-state index in [4.69, 9.17) is 113 Å². The van der Waals surface area contributed by atoms with E-state index in [1.54, 1.807) is 13.8 Å². The molecule has 6 saturated heterocycles. The van der Waals surface area contributed by atoms with Crippen molar-refractivity contribution in [3.63, 3.8) is 0 Å². The summed E-state index contributed by atoms with van der Waals surface area (Å²) in [5, 5.41) is 11.7. The molecule has 7 aromatic heterocycles. The molecule has 13 rings (SSSR count). The number of aliphatic hydroxyl groups is 1. The monoisotopic (exact) mass is 1440 g/mol. The molecule has 13 N–H and O–H groups in total. The number of H-pyrrole nitrogens is 3. The summed E-state index contributed by atoms with van der Waals surface area (Å²) < 4.78 is 101. The number of nitrogen functional groups attached to an aromatic ring is 3. The number of nitrogens with one attached hydrogen (secondary N) is 3. The molecule has 0 amide bonds. The van der Waals surface area contributed by atoms with Crippen LogP contribution in [0.2, 0.25) is 0 Å². The Labute approximate surface area is 535 Å². The highest BCUT2D eigenvalue weighted by molar-refractivity contribution is 8.44. The summed E-state index contributed by atoms with van der Waals surface area (Å²) in [5.41, 5.74) is 12.0. The molecule has 498 valence electrons. The Hall–Kier alpha value is -4.82. The van der Waals surface area contributed by atoms with E-state index in [9.17, 15) is 43.5 Å². The normalized spacial score (nSPS) is 33.7. The van der Waals surface area contributed by atoms with Gasteiger partial charge in [-0.15, -0.1) is 0 Å². The number of fused-ring (bicyclic) bond motifs is 7. The van der Waals surface area contributed by atoms with Crippen LogP contribution in [-0.4, -0.2) is 193 Å². The summed E-state index contributed by atoms with van der Waals surface area (Å²) >= 11 is 20.7. The number of aliphatic hydroxyl groups excluding tert-OH is 1. The standard InChI is InChI=1S/C45H57N17O22P4S4/c1-16-7-59(43(67)58-36(16)64)23-5-19(21(78-23)8-72-85(4,68)89)82-88(71,92)75-11-45-18(3)77-29(40(81-45)61-14-51-25-32(46)49-12-50-33(25)61)31(45)84-86(69,90)73-9-22-20(6-24(79-22)60-13-52-26-34(60)54-41(47)56-37(26)65)83-87(70,91)74-10-44-17(2)76-28(30(44)63)39(80-44)62-15-53-27-35(62)55-42(48)57-38(27)66/h7,12-15,17-24,28-31,39-40,63H,5-6,8-11H2,1-4H3,(H,68,89)(H,69,90)(H,70,91)(H,71,92)(H2,46,49,50)(H,58,64,67)(H3,47,54,56,65)(H3,48,55,57,66)/t17-,18-,19+,20+,21+,22+,23+,24+,28?,29?,30+,31+,39+,40+,44-,45-,85?,86?,87?,88?/m0/s1. The van der Waals surface area contributed by atoms with Gasteiger partial charge in [0, 0.05) is 31.3 Å². The summed E-state index contributed by atoms with van der Waals surface area (Å²) in [4.78, 5) is 121. The van der Waals surface area contributed by atoms with Crippen LogP contribution in [0, 0.1) is 6.92 Å². The van der Waals surface area contributed by atoms with Gasteiger partial charge in [-0.3, -0.25) is 56.7 Å². The van der Waals surface area contributed by atoms with E-state index < -0.39 is 166 Å². The molecule has 6 aliphatic rings. The molecule has 0 aliphatic carbocycles. The van der Waals surface area contributed by atoms with Crippen molar-refractivity contribution in [3.8, 4) is 0 Å². The quantitative estimate of drug-likeness (QED) is 0.0297. The molecule has 6 unspecified atom stereocenters. The lowest BCUT2D eigenvalue weighted by Gasteiger charge is -2.37. The van der Waals surface area contributed by atoms with Gasteiger partial charge in [0.05, 0.1) is 69.8 Å². The zero-order chi connectivity index (χ0) is 65.5. The first-order chi connectivity index (χ1) is 43.3. The molecule has 0 spiro atoms. The topological polar surface area (TPSA) is 522 Å². The van der Waals surface area contributed by atoms with Crippen molar-refractivity contribution in [2.45, 2.75) is 131 Å². The van der Waals surface area contributed by atoms with E-state index in [-0.39, 0.29) is 76.2 Å². The molecule has 0 radical (unpaired) electrons. The fourth-order valence-corrected chi connectivity index (χ4v) is 17.1. The second-order valence-electron chi connectivity index (χ2n) is 22.4. The minimum Gasteiger partial charge on any atom is -0.387 e. The predicted octanol–water partition coefficient (Wildman–Crippen LogP) is -0.631. The van der Waals surface area contributed by atoms with Gasteiger partial charge in [0.2, 0.25) is 11.9 Å². The summed E-state index contributed by atoms with van der Waals surface area (Å²) in [7, 11) is 0. The number of rotatable bonds is 22. The van der Waals surface area contributed by atoms with Crippen molar-refractivity contribution in [2.24, 2.45) is 0 Å². The molecule has 47 heteroatoms. The van der Waals surface area contributed by atoms with Gasteiger partial charge in [-0.25, -0.2) is 34.3 Å². The predicted molar refractivity (Wildman–Crippen MR) is 329 cm³/mol. The number of hydrogen-bond acceptors (Lipinski definition) is 32. The number of nitrogens with zero attached hydrogens (tertiary/aromatic N) is 11. The SMILES string of the molecule is Cc1cn([C@H]2C[C@@H](OP(O)(=S)OC[C@]34O[C@@H](n5cnc6c(N)ncnc65)C(O[C@H]3C)[C@H]4OP(=O)(S)OC[C@H]3O[C@@H](n4cnc5c(=O)[nH]c(N)nc54)C[C@H]3OP(O)(=S)OC[C@]34O[C@@H](n5cnc6c(=O)[nH]c(N)nc65)C(O[C@H]3C)[C@H]4O)[C@@H](COP(C)(O)=S)O2)c(=O)[nH]c1=O. The van der Waals surface area contributed by atoms with Crippen LogP contribution >= 0.6 is 39.0 Å². The summed E-state index contributed by atoms with van der Waals surface area (Å²) in [6.45, 7) is -13.6. The lowest BCUT2D eigenvalue weighted by molar-refractivity contribution is -0.215. The zero-order valence-corrected chi connectivity index (χ0v) is 54.9. The van der Waals surface area contributed by atoms with Gasteiger partial charge in [-0.1, -0.05) is 12.2 Å². The Morgan fingerprint density at radius 3 is 1.79 bits per heavy atom. The van der Waals surface area contributed by atoms with Crippen LogP contribution < -0.4 is 39.6 Å². The van der Waals surface area contributed by atoms with Gasteiger partial charge in [0.15, 0.2) is 52.7 Å².